The van der Waals surface area contributed by atoms with Gasteiger partial charge in [0.25, 0.3) is 5.56 Å². The van der Waals surface area contributed by atoms with Crippen molar-refractivity contribution >= 4 is 5.91 Å². The predicted octanol–water partition coefficient (Wildman–Crippen LogP) is 2.31. The van der Waals surface area contributed by atoms with Crippen molar-refractivity contribution in [2.24, 2.45) is 5.73 Å². The quantitative estimate of drug-likeness (QED) is 0.609. The van der Waals surface area contributed by atoms with Gasteiger partial charge in [-0.2, -0.15) is 0 Å². The maximum absolute atomic E-state index is 12.5. The zero-order valence-corrected chi connectivity index (χ0v) is 14.5. The fraction of sp³-hybridized carbons (Fsp3) is 0.200. The Bertz CT molecular complexity index is 927. The lowest BCUT2D eigenvalue weighted by Crippen LogP contribution is -2.21. The second-order valence-corrected chi connectivity index (χ2v) is 6.13. The number of carbonyl (C=O) groups is 1. The van der Waals surface area contributed by atoms with Gasteiger partial charge in [-0.15, -0.1) is 0 Å². The van der Waals surface area contributed by atoms with Gasteiger partial charge in [0.05, 0.1) is 7.11 Å². The number of hydrogen-bond donors (Lipinski definition) is 3. The van der Waals surface area contributed by atoms with Gasteiger partial charge in [0, 0.05) is 30.0 Å². The fourth-order valence-electron chi connectivity index (χ4n) is 3.14. The zero-order chi connectivity index (χ0) is 18.5. The number of nitrogens with one attached hydrogen (secondary N) is 2. The van der Waals surface area contributed by atoms with E-state index in [1.807, 2.05) is 42.5 Å². The van der Waals surface area contributed by atoms with Gasteiger partial charge >= 0.3 is 0 Å². The summed E-state index contributed by atoms with van der Waals surface area (Å²) in [5, 5.41) is 5.60. The summed E-state index contributed by atoms with van der Waals surface area (Å²) in [5.41, 5.74) is 8.42. The molecule has 6 nitrogen and oxygen atoms in total. The normalized spacial score (nSPS) is 11.9. The molecule has 134 valence electrons. The number of ether oxygens (including phenoxy) is 1. The molecule has 1 amide bonds. The van der Waals surface area contributed by atoms with Gasteiger partial charge in [0.15, 0.2) is 0 Å². The number of H-pyrrole nitrogens is 2. The Balaban J connectivity index is 2.02. The summed E-state index contributed by atoms with van der Waals surface area (Å²) in [7, 11) is 1.59. The second kappa shape index (κ2) is 7.74. The van der Waals surface area contributed by atoms with E-state index in [0.29, 0.717) is 17.7 Å². The lowest BCUT2D eigenvalue weighted by atomic mass is 9.87. The molecule has 0 aliphatic rings. The monoisotopic (exact) mass is 351 g/mol. The molecule has 0 radical (unpaired) electrons. The van der Waals surface area contributed by atoms with E-state index in [2.05, 4.69) is 10.2 Å². The molecule has 1 atom stereocenters. The number of methoxy groups -OCH3 is 1. The van der Waals surface area contributed by atoms with Crippen LogP contribution < -0.4 is 16.0 Å². The van der Waals surface area contributed by atoms with Crippen LogP contribution in [0.25, 0.3) is 0 Å². The Morgan fingerprint density at radius 1 is 1.08 bits per heavy atom. The first-order valence-electron chi connectivity index (χ1n) is 8.34. The molecule has 6 heteroatoms. The SMILES string of the molecule is COc1ccc([C@H](CC(N)=O)c2c(Cc3ccccc3)[nH][nH]c2=O)cc1. The van der Waals surface area contributed by atoms with Crippen LogP contribution in [-0.4, -0.2) is 23.2 Å². The maximum Gasteiger partial charge on any atom is 0.267 e. The Kier molecular flexibility index (Phi) is 5.22. The molecule has 0 aliphatic heterocycles. The molecule has 26 heavy (non-hydrogen) atoms. The third-order valence-corrected chi connectivity index (χ3v) is 4.39. The number of aromatic nitrogens is 2. The van der Waals surface area contributed by atoms with Gasteiger partial charge < -0.3 is 15.6 Å². The van der Waals surface area contributed by atoms with Crippen molar-refractivity contribution in [2.45, 2.75) is 18.8 Å². The van der Waals surface area contributed by atoms with Crippen molar-refractivity contribution in [1.82, 2.24) is 10.2 Å². The molecule has 0 saturated heterocycles. The molecule has 3 aromatic rings. The minimum absolute atomic E-state index is 0.0506. The topological polar surface area (TPSA) is 101 Å². The highest BCUT2D eigenvalue weighted by Crippen LogP contribution is 2.29. The summed E-state index contributed by atoms with van der Waals surface area (Å²) in [6.45, 7) is 0. The molecule has 4 N–H and O–H groups in total. The lowest BCUT2D eigenvalue weighted by molar-refractivity contribution is -0.118. The summed E-state index contributed by atoms with van der Waals surface area (Å²) >= 11 is 0. The Morgan fingerprint density at radius 2 is 1.77 bits per heavy atom. The number of aromatic amines is 2. The van der Waals surface area contributed by atoms with Crippen molar-refractivity contribution in [3.63, 3.8) is 0 Å². The van der Waals surface area contributed by atoms with Crippen LogP contribution in [0, 0.1) is 0 Å². The van der Waals surface area contributed by atoms with Crippen LogP contribution in [-0.2, 0) is 11.2 Å². The van der Waals surface area contributed by atoms with Gasteiger partial charge in [-0.25, -0.2) is 0 Å². The predicted molar refractivity (Wildman–Crippen MR) is 99.3 cm³/mol. The van der Waals surface area contributed by atoms with Crippen LogP contribution in [0.4, 0.5) is 0 Å². The first kappa shape index (κ1) is 17.5. The third-order valence-electron chi connectivity index (χ3n) is 4.39. The van der Waals surface area contributed by atoms with Gasteiger partial charge in [-0.3, -0.25) is 14.7 Å². The number of nitrogens with two attached hydrogens (primary N) is 1. The summed E-state index contributed by atoms with van der Waals surface area (Å²) in [5.74, 6) is -0.178. The van der Waals surface area contributed by atoms with E-state index in [9.17, 15) is 9.59 Å². The number of carbonyl (C=O) groups excluding carboxylic acids is 1. The second-order valence-electron chi connectivity index (χ2n) is 6.13. The number of hydrogen-bond acceptors (Lipinski definition) is 3. The zero-order valence-electron chi connectivity index (χ0n) is 14.5. The summed E-state index contributed by atoms with van der Waals surface area (Å²) in [6, 6.07) is 17.1. The Morgan fingerprint density at radius 3 is 2.38 bits per heavy atom. The van der Waals surface area contributed by atoms with E-state index in [-0.39, 0.29) is 12.0 Å². The minimum Gasteiger partial charge on any atom is -0.497 e. The van der Waals surface area contributed by atoms with Gasteiger partial charge in [0.2, 0.25) is 5.91 Å². The molecule has 0 unspecified atom stereocenters. The van der Waals surface area contributed by atoms with Gasteiger partial charge in [-0.05, 0) is 23.3 Å². The van der Waals surface area contributed by atoms with Crippen molar-refractivity contribution in [3.05, 3.63) is 87.3 Å². The lowest BCUT2D eigenvalue weighted by Gasteiger charge is -2.16. The van der Waals surface area contributed by atoms with E-state index >= 15 is 0 Å². The fourth-order valence-corrected chi connectivity index (χ4v) is 3.14. The van der Waals surface area contributed by atoms with Gasteiger partial charge in [-0.1, -0.05) is 42.5 Å². The number of benzene rings is 2. The largest absolute Gasteiger partial charge is 0.497 e. The summed E-state index contributed by atoms with van der Waals surface area (Å²) in [4.78, 5) is 24.1. The molecule has 0 fully saturated rings. The number of amides is 1. The molecule has 2 aromatic carbocycles. The average molecular weight is 351 g/mol. The van der Waals surface area contributed by atoms with E-state index in [0.717, 1.165) is 16.8 Å². The molecule has 0 saturated carbocycles. The van der Waals surface area contributed by atoms with Crippen molar-refractivity contribution < 1.29 is 9.53 Å². The highest BCUT2D eigenvalue weighted by atomic mass is 16.5. The maximum atomic E-state index is 12.5. The van der Waals surface area contributed by atoms with E-state index < -0.39 is 11.8 Å². The van der Waals surface area contributed by atoms with E-state index in [4.69, 9.17) is 10.5 Å². The Labute approximate surface area is 151 Å². The minimum atomic E-state index is -0.461. The molecule has 0 spiro atoms. The van der Waals surface area contributed by atoms with Crippen LogP contribution in [0.2, 0.25) is 0 Å². The third kappa shape index (κ3) is 3.85. The van der Waals surface area contributed by atoms with Crippen LogP contribution in [0.3, 0.4) is 0 Å². The van der Waals surface area contributed by atoms with Crippen LogP contribution in [0.15, 0.2) is 59.4 Å². The first-order valence-corrected chi connectivity index (χ1v) is 8.34. The van der Waals surface area contributed by atoms with Crippen molar-refractivity contribution in [2.75, 3.05) is 7.11 Å². The van der Waals surface area contributed by atoms with Crippen molar-refractivity contribution in [1.29, 1.82) is 0 Å². The van der Waals surface area contributed by atoms with Crippen LogP contribution in [0.1, 0.15) is 34.7 Å². The highest BCUT2D eigenvalue weighted by molar-refractivity contribution is 5.75. The molecule has 1 aromatic heterocycles. The van der Waals surface area contributed by atoms with Crippen molar-refractivity contribution in [3.8, 4) is 5.75 Å². The van der Waals surface area contributed by atoms with E-state index in [1.54, 1.807) is 19.2 Å². The molecule has 0 aliphatic carbocycles. The number of rotatable bonds is 7. The summed E-state index contributed by atoms with van der Waals surface area (Å²) < 4.78 is 5.18. The van der Waals surface area contributed by atoms with E-state index in [1.165, 1.54) is 0 Å². The average Bonchev–Trinajstić information content (AvgIpc) is 3.00. The summed E-state index contributed by atoms with van der Waals surface area (Å²) in [6.07, 6.45) is 0.607. The van der Waals surface area contributed by atoms with Crippen LogP contribution in [0.5, 0.6) is 5.75 Å². The molecular formula is C20H21N3O3. The molecule has 0 bridgehead atoms. The number of primary amides is 1. The molecule has 1 heterocycles. The standard InChI is InChI=1S/C20H21N3O3/c1-26-15-9-7-14(8-10-15)16(12-18(21)24)19-17(22-23-20(19)25)11-13-5-3-2-4-6-13/h2-10,16H,11-12H2,1H3,(H2,21,24)(H2,22,23,25)/t16-/m0/s1. The first-order chi connectivity index (χ1) is 12.6. The highest BCUT2D eigenvalue weighted by Gasteiger charge is 2.24. The Hall–Kier alpha value is -3.28. The molecular weight excluding hydrogens is 330 g/mol. The molecule has 3 rings (SSSR count). The smallest absolute Gasteiger partial charge is 0.267 e. The van der Waals surface area contributed by atoms with Crippen LogP contribution >= 0.6 is 0 Å². The van der Waals surface area contributed by atoms with Gasteiger partial charge in [0.1, 0.15) is 5.75 Å².